The summed E-state index contributed by atoms with van der Waals surface area (Å²) in [5.74, 6) is 2.18. The van der Waals surface area contributed by atoms with Gasteiger partial charge in [0, 0.05) is 11.6 Å². The van der Waals surface area contributed by atoms with Crippen LogP contribution in [-0.2, 0) is 0 Å². The number of benzene rings is 2. The summed E-state index contributed by atoms with van der Waals surface area (Å²) >= 11 is 0. The Morgan fingerprint density at radius 2 is 1.47 bits per heavy atom. The van der Waals surface area contributed by atoms with Gasteiger partial charge >= 0.3 is 0 Å². The predicted octanol–water partition coefficient (Wildman–Crippen LogP) is 5.95. The third-order valence-corrected chi connectivity index (χ3v) is 3.93. The first-order valence-electron chi connectivity index (χ1n) is 10.2. The molecule has 0 saturated heterocycles. The fourth-order valence-electron chi connectivity index (χ4n) is 2.86. The predicted molar refractivity (Wildman–Crippen MR) is 120 cm³/mol. The number of hydrogen-bond acceptors (Lipinski definition) is 5. The molecule has 30 heavy (non-hydrogen) atoms. The average Bonchev–Trinajstić information content (AvgIpc) is 2.66. The van der Waals surface area contributed by atoms with Crippen molar-refractivity contribution < 1.29 is 23.7 Å². The van der Waals surface area contributed by atoms with E-state index >= 15 is 0 Å². The van der Waals surface area contributed by atoms with Crippen LogP contribution in [0.1, 0.15) is 57.5 Å². The standard InChI is InChI=1S/C25H32O5/c1-16(2)28-20-14-19(25(30-18(5)6)24(15-20)27-7)12-13-22(26)21-10-8-9-11-23(21)29-17(3)4/h8-18H,1-7H3/b13-12+. The molecule has 0 heterocycles. The quantitative estimate of drug-likeness (QED) is 0.356. The van der Waals surface area contributed by atoms with E-state index in [2.05, 4.69) is 0 Å². The molecule has 0 spiro atoms. The molecule has 0 aliphatic rings. The molecule has 2 aromatic rings. The molecule has 0 saturated carbocycles. The van der Waals surface area contributed by atoms with Gasteiger partial charge in [-0.1, -0.05) is 12.1 Å². The van der Waals surface area contributed by atoms with E-state index in [1.54, 1.807) is 31.4 Å². The third-order valence-electron chi connectivity index (χ3n) is 3.93. The highest BCUT2D eigenvalue weighted by atomic mass is 16.5. The lowest BCUT2D eigenvalue weighted by atomic mass is 10.1. The van der Waals surface area contributed by atoms with E-state index in [4.69, 9.17) is 18.9 Å². The van der Waals surface area contributed by atoms with E-state index in [9.17, 15) is 4.79 Å². The van der Waals surface area contributed by atoms with Crippen molar-refractivity contribution in [3.8, 4) is 23.0 Å². The van der Waals surface area contributed by atoms with Gasteiger partial charge in [0.1, 0.15) is 11.5 Å². The van der Waals surface area contributed by atoms with Gasteiger partial charge in [-0.3, -0.25) is 4.79 Å². The first-order valence-corrected chi connectivity index (χ1v) is 10.2. The number of methoxy groups -OCH3 is 1. The first kappa shape index (κ1) is 23.3. The normalized spacial score (nSPS) is 11.4. The topological polar surface area (TPSA) is 54.0 Å². The second-order valence-corrected chi connectivity index (χ2v) is 7.74. The molecule has 0 atom stereocenters. The smallest absolute Gasteiger partial charge is 0.189 e. The van der Waals surface area contributed by atoms with Crippen LogP contribution in [0.4, 0.5) is 0 Å². The van der Waals surface area contributed by atoms with Gasteiger partial charge in [0.25, 0.3) is 0 Å². The van der Waals surface area contributed by atoms with Crippen LogP contribution < -0.4 is 18.9 Å². The molecule has 5 nitrogen and oxygen atoms in total. The molecule has 0 aliphatic carbocycles. The van der Waals surface area contributed by atoms with Gasteiger partial charge < -0.3 is 18.9 Å². The molecule has 0 bridgehead atoms. The number of carbonyl (C=O) groups is 1. The lowest BCUT2D eigenvalue weighted by molar-refractivity contribution is 0.104. The molecule has 0 aliphatic heterocycles. The Morgan fingerprint density at radius 1 is 0.833 bits per heavy atom. The lowest BCUT2D eigenvalue weighted by Crippen LogP contribution is -2.10. The van der Waals surface area contributed by atoms with Crippen LogP contribution in [0.25, 0.3) is 6.08 Å². The van der Waals surface area contributed by atoms with E-state index in [0.717, 1.165) is 0 Å². The van der Waals surface area contributed by atoms with E-state index in [1.165, 1.54) is 6.08 Å². The summed E-state index contributed by atoms with van der Waals surface area (Å²) in [5, 5.41) is 0. The summed E-state index contributed by atoms with van der Waals surface area (Å²) < 4.78 is 23.1. The summed E-state index contributed by atoms with van der Waals surface area (Å²) in [4.78, 5) is 12.9. The zero-order valence-electron chi connectivity index (χ0n) is 18.9. The second kappa shape index (κ2) is 10.7. The highest BCUT2D eigenvalue weighted by molar-refractivity contribution is 6.08. The number of rotatable bonds is 10. The fourth-order valence-corrected chi connectivity index (χ4v) is 2.86. The van der Waals surface area contributed by atoms with Gasteiger partial charge in [0.15, 0.2) is 17.3 Å². The molecule has 162 valence electrons. The maximum absolute atomic E-state index is 12.9. The van der Waals surface area contributed by atoms with Crippen LogP contribution in [0.3, 0.4) is 0 Å². The number of allylic oxidation sites excluding steroid dienone is 1. The van der Waals surface area contributed by atoms with Crippen molar-refractivity contribution in [2.24, 2.45) is 0 Å². The van der Waals surface area contributed by atoms with Crippen LogP contribution >= 0.6 is 0 Å². The molecule has 0 N–H and O–H groups in total. The number of carbonyl (C=O) groups excluding carboxylic acids is 1. The number of ether oxygens (including phenoxy) is 4. The van der Waals surface area contributed by atoms with Crippen molar-refractivity contribution in [2.45, 2.75) is 59.9 Å². The number of hydrogen-bond donors (Lipinski definition) is 0. The van der Waals surface area contributed by atoms with Gasteiger partial charge in [0.05, 0.1) is 31.0 Å². The monoisotopic (exact) mass is 412 g/mol. The summed E-state index contributed by atoms with van der Waals surface area (Å²) in [5.41, 5.74) is 1.21. The Hall–Kier alpha value is -2.95. The Balaban J connectivity index is 2.44. The molecular formula is C25H32O5. The van der Waals surface area contributed by atoms with Crippen LogP contribution in [0.5, 0.6) is 23.0 Å². The maximum Gasteiger partial charge on any atom is 0.189 e. The minimum absolute atomic E-state index is 0.00472. The van der Waals surface area contributed by atoms with Gasteiger partial charge in [0.2, 0.25) is 0 Å². The number of para-hydroxylation sites is 1. The van der Waals surface area contributed by atoms with Crippen molar-refractivity contribution in [3.05, 3.63) is 53.6 Å². The Morgan fingerprint density at radius 3 is 2.07 bits per heavy atom. The van der Waals surface area contributed by atoms with Crippen molar-refractivity contribution in [3.63, 3.8) is 0 Å². The summed E-state index contributed by atoms with van der Waals surface area (Å²) in [6.07, 6.45) is 3.16. The maximum atomic E-state index is 12.9. The minimum Gasteiger partial charge on any atom is -0.493 e. The fraction of sp³-hybridized carbons (Fsp3) is 0.400. The highest BCUT2D eigenvalue weighted by Gasteiger charge is 2.16. The Kier molecular flexibility index (Phi) is 8.34. The highest BCUT2D eigenvalue weighted by Crippen LogP contribution is 2.38. The molecular weight excluding hydrogens is 380 g/mol. The Labute approximate surface area is 179 Å². The molecule has 2 rings (SSSR count). The molecule has 0 amide bonds. The van der Waals surface area contributed by atoms with Gasteiger partial charge in [-0.2, -0.15) is 0 Å². The minimum atomic E-state index is -0.157. The largest absolute Gasteiger partial charge is 0.493 e. The van der Waals surface area contributed by atoms with E-state index in [0.29, 0.717) is 34.1 Å². The first-order chi connectivity index (χ1) is 14.2. The van der Waals surface area contributed by atoms with Gasteiger partial charge in [-0.25, -0.2) is 0 Å². The van der Waals surface area contributed by atoms with Crippen LogP contribution in [0.15, 0.2) is 42.5 Å². The van der Waals surface area contributed by atoms with E-state index < -0.39 is 0 Å². The second-order valence-electron chi connectivity index (χ2n) is 7.74. The third kappa shape index (κ3) is 6.55. The van der Waals surface area contributed by atoms with E-state index in [1.807, 2.05) is 59.7 Å². The van der Waals surface area contributed by atoms with Crippen molar-refractivity contribution in [1.29, 1.82) is 0 Å². The molecule has 5 heteroatoms. The van der Waals surface area contributed by atoms with Gasteiger partial charge in [-0.15, -0.1) is 0 Å². The van der Waals surface area contributed by atoms with Crippen LogP contribution in [0.2, 0.25) is 0 Å². The molecule has 0 unspecified atom stereocenters. The molecule has 0 aromatic heterocycles. The van der Waals surface area contributed by atoms with Crippen molar-refractivity contribution in [1.82, 2.24) is 0 Å². The van der Waals surface area contributed by atoms with Crippen LogP contribution in [0, 0.1) is 0 Å². The van der Waals surface area contributed by atoms with Gasteiger partial charge in [-0.05, 0) is 71.9 Å². The van der Waals surface area contributed by atoms with Crippen molar-refractivity contribution in [2.75, 3.05) is 7.11 Å². The van der Waals surface area contributed by atoms with Crippen LogP contribution in [-0.4, -0.2) is 31.2 Å². The summed E-state index contributed by atoms with van der Waals surface area (Å²) in [7, 11) is 1.58. The lowest BCUT2D eigenvalue weighted by Gasteiger charge is -2.19. The van der Waals surface area contributed by atoms with Crippen molar-refractivity contribution >= 4 is 11.9 Å². The zero-order chi connectivity index (χ0) is 22.3. The average molecular weight is 413 g/mol. The molecule has 0 fully saturated rings. The van der Waals surface area contributed by atoms with E-state index in [-0.39, 0.29) is 24.1 Å². The Bertz CT molecular complexity index is 881. The molecule has 0 radical (unpaired) electrons. The number of ketones is 1. The summed E-state index contributed by atoms with van der Waals surface area (Å²) in [6.45, 7) is 11.6. The SMILES string of the molecule is COc1cc(OC(C)C)cc(/C=C/C(=O)c2ccccc2OC(C)C)c1OC(C)C. The zero-order valence-corrected chi connectivity index (χ0v) is 18.9. The molecule has 2 aromatic carbocycles. The summed E-state index contributed by atoms with van der Waals surface area (Å²) in [6, 6.07) is 10.9.